The molecule has 0 spiro atoms. The molecule has 0 radical (unpaired) electrons. The first-order valence-electron chi connectivity index (χ1n) is 3.50. The van der Waals surface area contributed by atoms with Crippen molar-refractivity contribution >= 4 is 0 Å². The van der Waals surface area contributed by atoms with Gasteiger partial charge in [0.15, 0.2) is 5.69 Å². The molecule has 7 heteroatoms. The normalized spacial score (nSPS) is 11.1. The Labute approximate surface area is 77.5 Å². The highest BCUT2D eigenvalue weighted by molar-refractivity contribution is 5.43. The first-order valence-corrected chi connectivity index (χ1v) is 3.50. The predicted octanol–water partition coefficient (Wildman–Crippen LogP) is 1.32. The van der Waals surface area contributed by atoms with Crippen LogP contribution in [0, 0.1) is 11.3 Å². The summed E-state index contributed by atoms with van der Waals surface area (Å²) >= 11 is 0. The molecule has 0 amide bonds. The number of nitrogens with zero attached hydrogens (tertiary/aromatic N) is 3. The average Bonchev–Trinajstić information content (AvgIpc) is 2.40. The second-order valence-corrected chi connectivity index (χ2v) is 2.47. The summed E-state index contributed by atoms with van der Waals surface area (Å²) in [5.41, 5.74) is -1.82. The number of hydrogen-bond donors (Lipinski definition) is 0. The fraction of sp³-hybridized carbons (Fsp3) is 0.429. The maximum absolute atomic E-state index is 12.3. The zero-order valence-corrected chi connectivity index (χ0v) is 7.38. The van der Waals surface area contributed by atoms with Crippen LogP contribution in [-0.2, 0) is 13.2 Å². The standard InChI is InChI=1S/C7H6F3N3O/c1-13-6(14-2)4(3-11)5(12-13)7(8,9)10/h1-2H3. The van der Waals surface area contributed by atoms with Crippen molar-refractivity contribution in [1.29, 1.82) is 5.26 Å². The van der Waals surface area contributed by atoms with E-state index in [1.807, 2.05) is 0 Å². The van der Waals surface area contributed by atoms with Crippen LogP contribution in [0.3, 0.4) is 0 Å². The second-order valence-electron chi connectivity index (χ2n) is 2.47. The minimum absolute atomic E-state index is 0.195. The molecule has 0 aliphatic carbocycles. The molecule has 4 nitrogen and oxygen atoms in total. The molecule has 0 unspecified atom stereocenters. The minimum Gasteiger partial charge on any atom is -0.480 e. The molecule has 1 aromatic rings. The van der Waals surface area contributed by atoms with Gasteiger partial charge in [-0.3, -0.25) is 0 Å². The summed E-state index contributed by atoms with van der Waals surface area (Å²) in [6.45, 7) is 0. The number of rotatable bonds is 1. The van der Waals surface area contributed by atoms with E-state index >= 15 is 0 Å². The molecule has 1 heterocycles. The van der Waals surface area contributed by atoms with E-state index in [0.29, 0.717) is 0 Å². The fourth-order valence-electron chi connectivity index (χ4n) is 1.04. The van der Waals surface area contributed by atoms with E-state index in [2.05, 4.69) is 9.84 Å². The van der Waals surface area contributed by atoms with Gasteiger partial charge in [-0.05, 0) is 0 Å². The van der Waals surface area contributed by atoms with E-state index in [0.717, 1.165) is 4.68 Å². The number of ether oxygens (including phenoxy) is 1. The van der Waals surface area contributed by atoms with Gasteiger partial charge in [-0.1, -0.05) is 0 Å². The van der Waals surface area contributed by atoms with Crippen molar-refractivity contribution in [2.75, 3.05) is 7.11 Å². The Kier molecular flexibility index (Phi) is 2.38. The number of aromatic nitrogens is 2. The Morgan fingerprint density at radius 3 is 2.43 bits per heavy atom. The summed E-state index contributed by atoms with van der Waals surface area (Å²) in [6.07, 6.45) is -4.64. The molecule has 0 fully saturated rings. The summed E-state index contributed by atoms with van der Waals surface area (Å²) in [7, 11) is 2.45. The van der Waals surface area contributed by atoms with Crippen molar-refractivity contribution in [2.45, 2.75) is 6.18 Å². The van der Waals surface area contributed by atoms with Gasteiger partial charge in [0.2, 0.25) is 5.88 Å². The lowest BCUT2D eigenvalue weighted by molar-refractivity contribution is -0.141. The summed E-state index contributed by atoms with van der Waals surface area (Å²) in [5.74, 6) is -0.195. The van der Waals surface area contributed by atoms with Gasteiger partial charge >= 0.3 is 6.18 Å². The van der Waals surface area contributed by atoms with Crippen LogP contribution in [0.2, 0.25) is 0 Å². The molecular formula is C7H6F3N3O. The molecule has 0 saturated carbocycles. The van der Waals surface area contributed by atoms with Crippen LogP contribution in [-0.4, -0.2) is 16.9 Å². The molecule has 0 saturated heterocycles. The monoisotopic (exact) mass is 205 g/mol. The largest absolute Gasteiger partial charge is 0.480 e. The molecule has 14 heavy (non-hydrogen) atoms. The molecule has 1 rings (SSSR count). The van der Waals surface area contributed by atoms with Crippen molar-refractivity contribution in [3.8, 4) is 11.9 Å². The first kappa shape index (κ1) is 10.4. The van der Waals surface area contributed by atoms with Gasteiger partial charge in [0.05, 0.1) is 7.11 Å². The third kappa shape index (κ3) is 1.51. The highest BCUT2D eigenvalue weighted by Gasteiger charge is 2.39. The Morgan fingerprint density at radius 1 is 1.50 bits per heavy atom. The minimum atomic E-state index is -4.64. The molecule has 0 aliphatic heterocycles. The van der Waals surface area contributed by atoms with Crippen LogP contribution in [0.4, 0.5) is 13.2 Å². The number of hydrogen-bond acceptors (Lipinski definition) is 3. The smallest absolute Gasteiger partial charge is 0.436 e. The van der Waals surface area contributed by atoms with E-state index in [1.54, 1.807) is 0 Å². The lowest BCUT2D eigenvalue weighted by atomic mass is 10.2. The lowest BCUT2D eigenvalue weighted by Gasteiger charge is -2.00. The van der Waals surface area contributed by atoms with Crippen molar-refractivity contribution < 1.29 is 17.9 Å². The van der Waals surface area contributed by atoms with Gasteiger partial charge < -0.3 is 4.74 Å². The highest BCUT2D eigenvalue weighted by atomic mass is 19.4. The SMILES string of the molecule is COc1c(C#N)c(C(F)(F)F)nn1C. The first-order chi connectivity index (χ1) is 6.41. The van der Waals surface area contributed by atoms with Crippen molar-refractivity contribution in [2.24, 2.45) is 7.05 Å². The molecule has 0 aliphatic rings. The van der Waals surface area contributed by atoms with Crippen LogP contribution in [0.5, 0.6) is 5.88 Å². The quantitative estimate of drug-likeness (QED) is 0.694. The Hall–Kier alpha value is -1.71. The van der Waals surface area contributed by atoms with Gasteiger partial charge in [-0.15, -0.1) is 0 Å². The number of aryl methyl sites for hydroxylation is 1. The molecule has 0 atom stereocenters. The number of alkyl halides is 3. The third-order valence-electron chi connectivity index (χ3n) is 1.57. The van der Waals surface area contributed by atoms with Crippen LogP contribution >= 0.6 is 0 Å². The van der Waals surface area contributed by atoms with E-state index in [-0.39, 0.29) is 5.88 Å². The number of methoxy groups -OCH3 is 1. The summed E-state index contributed by atoms with van der Waals surface area (Å²) in [4.78, 5) is 0. The summed E-state index contributed by atoms with van der Waals surface area (Å²) in [6, 6.07) is 1.41. The average molecular weight is 205 g/mol. The van der Waals surface area contributed by atoms with Crippen LogP contribution < -0.4 is 4.74 Å². The fourth-order valence-corrected chi connectivity index (χ4v) is 1.04. The van der Waals surface area contributed by atoms with E-state index < -0.39 is 17.4 Å². The lowest BCUT2D eigenvalue weighted by Crippen LogP contribution is -2.08. The molecule has 1 aromatic heterocycles. The Balaban J connectivity index is 3.41. The highest BCUT2D eigenvalue weighted by Crippen LogP contribution is 2.34. The van der Waals surface area contributed by atoms with Gasteiger partial charge in [0.25, 0.3) is 0 Å². The van der Waals surface area contributed by atoms with E-state index in [4.69, 9.17) is 5.26 Å². The van der Waals surface area contributed by atoms with Crippen molar-refractivity contribution in [3.63, 3.8) is 0 Å². The molecule has 0 aromatic carbocycles. The molecule has 0 N–H and O–H groups in total. The van der Waals surface area contributed by atoms with Crippen molar-refractivity contribution in [1.82, 2.24) is 9.78 Å². The summed E-state index contributed by atoms with van der Waals surface area (Å²) in [5, 5.41) is 11.7. The second kappa shape index (κ2) is 3.21. The van der Waals surface area contributed by atoms with E-state index in [1.165, 1.54) is 20.2 Å². The Bertz CT molecular complexity index is 388. The summed E-state index contributed by atoms with van der Waals surface area (Å²) < 4.78 is 42.3. The topological polar surface area (TPSA) is 50.8 Å². The van der Waals surface area contributed by atoms with Crippen LogP contribution in [0.25, 0.3) is 0 Å². The van der Waals surface area contributed by atoms with Crippen LogP contribution in [0.15, 0.2) is 0 Å². The molecular weight excluding hydrogens is 199 g/mol. The zero-order chi connectivity index (χ0) is 10.9. The molecule has 76 valence electrons. The van der Waals surface area contributed by atoms with Gasteiger partial charge in [-0.25, -0.2) is 4.68 Å². The van der Waals surface area contributed by atoms with Crippen molar-refractivity contribution in [3.05, 3.63) is 11.3 Å². The zero-order valence-electron chi connectivity index (χ0n) is 7.38. The molecule has 0 bridgehead atoms. The third-order valence-corrected chi connectivity index (χ3v) is 1.57. The van der Waals surface area contributed by atoms with Gasteiger partial charge in [-0.2, -0.15) is 23.5 Å². The Morgan fingerprint density at radius 2 is 2.07 bits per heavy atom. The predicted molar refractivity (Wildman–Crippen MR) is 39.5 cm³/mol. The van der Waals surface area contributed by atoms with Crippen LogP contribution in [0.1, 0.15) is 11.3 Å². The van der Waals surface area contributed by atoms with E-state index in [9.17, 15) is 13.2 Å². The maximum Gasteiger partial charge on any atom is 0.436 e. The maximum atomic E-state index is 12.3. The van der Waals surface area contributed by atoms with Gasteiger partial charge in [0, 0.05) is 7.05 Å². The number of nitriles is 1. The number of halogens is 3. The van der Waals surface area contributed by atoms with Gasteiger partial charge in [0.1, 0.15) is 11.6 Å².